The molecule has 1 aromatic carbocycles. The second kappa shape index (κ2) is 6.44. The summed E-state index contributed by atoms with van der Waals surface area (Å²) in [7, 11) is 0. The van der Waals surface area contributed by atoms with Gasteiger partial charge in [0.1, 0.15) is 0 Å². The van der Waals surface area contributed by atoms with Crippen molar-refractivity contribution >= 4 is 17.2 Å². The molecule has 5 nitrogen and oxygen atoms in total. The molecule has 1 fully saturated rings. The van der Waals surface area contributed by atoms with Crippen LogP contribution < -0.4 is 0 Å². The Balaban J connectivity index is 1.78. The molecule has 0 aliphatic heterocycles. The monoisotopic (exact) mass is 352 g/mol. The van der Waals surface area contributed by atoms with Gasteiger partial charge in [0.25, 0.3) is 5.91 Å². The SMILES string of the molecule is CC(C)N(C(=O)c1nc(-c2cccs2)n(-c2ccccc2)n1)C1CC1. The van der Waals surface area contributed by atoms with Crippen molar-refractivity contribution in [1.82, 2.24) is 19.7 Å². The topological polar surface area (TPSA) is 51.0 Å². The number of para-hydroxylation sites is 1. The smallest absolute Gasteiger partial charge is 0.294 e. The number of aromatic nitrogens is 3. The number of hydrogen-bond acceptors (Lipinski definition) is 4. The Morgan fingerprint density at radius 1 is 1.20 bits per heavy atom. The van der Waals surface area contributed by atoms with Gasteiger partial charge in [-0.2, -0.15) is 0 Å². The van der Waals surface area contributed by atoms with Crippen molar-refractivity contribution < 1.29 is 4.79 Å². The third kappa shape index (κ3) is 3.09. The Labute approximate surface area is 150 Å². The van der Waals surface area contributed by atoms with E-state index in [1.54, 1.807) is 16.0 Å². The summed E-state index contributed by atoms with van der Waals surface area (Å²) >= 11 is 1.60. The van der Waals surface area contributed by atoms with Crippen LogP contribution in [0.15, 0.2) is 47.8 Å². The number of hydrogen-bond donors (Lipinski definition) is 0. The van der Waals surface area contributed by atoms with Gasteiger partial charge in [-0.25, -0.2) is 9.67 Å². The van der Waals surface area contributed by atoms with Gasteiger partial charge in [0.15, 0.2) is 5.82 Å². The maximum absolute atomic E-state index is 13.0. The van der Waals surface area contributed by atoms with Crippen LogP contribution in [0.2, 0.25) is 0 Å². The fourth-order valence-corrected chi connectivity index (χ4v) is 3.71. The second-order valence-corrected chi connectivity index (χ2v) is 7.47. The van der Waals surface area contributed by atoms with E-state index in [2.05, 4.69) is 10.1 Å². The number of rotatable bonds is 5. The molecule has 1 amide bonds. The number of carbonyl (C=O) groups is 1. The van der Waals surface area contributed by atoms with E-state index in [1.807, 2.05) is 66.6 Å². The lowest BCUT2D eigenvalue weighted by Crippen LogP contribution is -2.39. The average Bonchev–Trinajstić information content (AvgIpc) is 3.13. The number of carbonyl (C=O) groups excluding carboxylic acids is 1. The lowest BCUT2D eigenvalue weighted by molar-refractivity contribution is 0.0677. The van der Waals surface area contributed by atoms with Crippen molar-refractivity contribution in [2.75, 3.05) is 0 Å². The van der Waals surface area contributed by atoms with Crippen molar-refractivity contribution in [1.29, 1.82) is 0 Å². The lowest BCUT2D eigenvalue weighted by atomic mass is 10.3. The van der Waals surface area contributed by atoms with E-state index in [-0.39, 0.29) is 17.8 Å². The van der Waals surface area contributed by atoms with Gasteiger partial charge in [-0.15, -0.1) is 16.4 Å². The fraction of sp³-hybridized carbons (Fsp3) is 0.316. The molecule has 3 aromatic rings. The van der Waals surface area contributed by atoms with Gasteiger partial charge in [-0.1, -0.05) is 24.3 Å². The molecule has 0 radical (unpaired) electrons. The first-order valence-corrected chi connectivity index (χ1v) is 9.42. The molecule has 6 heteroatoms. The third-order valence-corrected chi connectivity index (χ3v) is 5.14. The van der Waals surface area contributed by atoms with Crippen LogP contribution in [0.3, 0.4) is 0 Å². The highest BCUT2D eigenvalue weighted by atomic mass is 32.1. The Morgan fingerprint density at radius 3 is 2.56 bits per heavy atom. The molecule has 128 valence electrons. The first kappa shape index (κ1) is 16.0. The number of benzene rings is 1. The normalized spacial score (nSPS) is 14.0. The summed E-state index contributed by atoms with van der Waals surface area (Å²) in [5.41, 5.74) is 0.903. The summed E-state index contributed by atoms with van der Waals surface area (Å²) in [6.07, 6.45) is 2.14. The molecule has 25 heavy (non-hydrogen) atoms. The molecular weight excluding hydrogens is 332 g/mol. The second-order valence-electron chi connectivity index (χ2n) is 6.52. The molecule has 0 bridgehead atoms. The Bertz CT molecular complexity index is 864. The molecule has 1 aliphatic carbocycles. The molecule has 2 heterocycles. The van der Waals surface area contributed by atoms with Crippen LogP contribution in [0, 0.1) is 0 Å². The summed E-state index contributed by atoms with van der Waals surface area (Å²) in [5, 5.41) is 6.58. The van der Waals surface area contributed by atoms with Gasteiger partial charge in [-0.05, 0) is 50.3 Å². The first-order chi connectivity index (χ1) is 12.1. The molecule has 1 saturated carbocycles. The Hall–Kier alpha value is -2.47. The highest BCUT2D eigenvalue weighted by molar-refractivity contribution is 7.13. The number of nitrogens with zero attached hydrogens (tertiary/aromatic N) is 4. The zero-order chi connectivity index (χ0) is 17.4. The van der Waals surface area contributed by atoms with Crippen molar-refractivity contribution in [3.05, 3.63) is 53.7 Å². The van der Waals surface area contributed by atoms with E-state index in [1.165, 1.54) is 0 Å². The number of amides is 1. The van der Waals surface area contributed by atoms with Crippen LogP contribution in [-0.4, -0.2) is 37.7 Å². The van der Waals surface area contributed by atoms with Crippen molar-refractivity contribution in [3.8, 4) is 16.4 Å². The van der Waals surface area contributed by atoms with Gasteiger partial charge in [0.2, 0.25) is 5.82 Å². The van der Waals surface area contributed by atoms with Crippen LogP contribution in [0.1, 0.15) is 37.3 Å². The molecule has 4 rings (SSSR count). The summed E-state index contributed by atoms with van der Waals surface area (Å²) in [6, 6.07) is 14.3. The predicted octanol–water partition coefficient (Wildman–Crippen LogP) is 4.01. The minimum atomic E-state index is -0.0787. The van der Waals surface area contributed by atoms with Crippen molar-refractivity contribution in [2.24, 2.45) is 0 Å². The summed E-state index contributed by atoms with van der Waals surface area (Å²) in [5.74, 6) is 0.905. The van der Waals surface area contributed by atoms with Gasteiger partial charge in [0.05, 0.1) is 10.6 Å². The largest absolute Gasteiger partial charge is 0.330 e. The Morgan fingerprint density at radius 2 is 1.96 bits per heavy atom. The molecule has 1 aliphatic rings. The minimum absolute atomic E-state index is 0.0787. The predicted molar refractivity (Wildman–Crippen MR) is 99.0 cm³/mol. The van der Waals surface area contributed by atoms with Crippen LogP contribution in [0.25, 0.3) is 16.4 Å². The van der Waals surface area contributed by atoms with E-state index in [4.69, 9.17) is 0 Å². The van der Waals surface area contributed by atoms with Gasteiger partial charge in [0, 0.05) is 12.1 Å². The lowest BCUT2D eigenvalue weighted by Gasteiger charge is -2.25. The Kier molecular flexibility index (Phi) is 4.13. The molecule has 0 unspecified atom stereocenters. The van der Waals surface area contributed by atoms with Crippen molar-refractivity contribution in [2.45, 2.75) is 38.8 Å². The standard InChI is InChI=1S/C19H20N4OS/c1-13(2)22(14-10-11-14)19(24)17-20-18(16-9-6-12-25-16)23(21-17)15-7-4-3-5-8-15/h3-9,12-14H,10-11H2,1-2H3. The molecule has 0 N–H and O–H groups in total. The van der Waals surface area contributed by atoms with Crippen LogP contribution in [-0.2, 0) is 0 Å². The van der Waals surface area contributed by atoms with Gasteiger partial charge in [-0.3, -0.25) is 4.79 Å². The van der Waals surface area contributed by atoms with E-state index in [0.717, 1.165) is 23.4 Å². The summed E-state index contributed by atoms with van der Waals surface area (Å²) in [4.78, 5) is 20.6. The molecule has 0 saturated heterocycles. The van der Waals surface area contributed by atoms with Gasteiger partial charge >= 0.3 is 0 Å². The van der Waals surface area contributed by atoms with E-state index in [0.29, 0.717) is 11.9 Å². The zero-order valence-corrected chi connectivity index (χ0v) is 15.1. The van der Waals surface area contributed by atoms with Crippen molar-refractivity contribution in [3.63, 3.8) is 0 Å². The van der Waals surface area contributed by atoms with E-state index < -0.39 is 0 Å². The molecule has 2 aromatic heterocycles. The maximum atomic E-state index is 13.0. The first-order valence-electron chi connectivity index (χ1n) is 8.54. The highest BCUT2D eigenvalue weighted by Gasteiger charge is 2.36. The molecule has 0 spiro atoms. The van der Waals surface area contributed by atoms with Crippen LogP contribution in [0.5, 0.6) is 0 Å². The molecule has 0 atom stereocenters. The van der Waals surface area contributed by atoms with E-state index in [9.17, 15) is 4.79 Å². The summed E-state index contributed by atoms with van der Waals surface area (Å²) in [6.45, 7) is 4.09. The van der Waals surface area contributed by atoms with E-state index >= 15 is 0 Å². The molecular formula is C19H20N4OS. The number of thiophene rings is 1. The highest BCUT2D eigenvalue weighted by Crippen LogP contribution is 2.31. The quantitative estimate of drug-likeness (QED) is 0.697. The van der Waals surface area contributed by atoms with Gasteiger partial charge < -0.3 is 4.90 Å². The maximum Gasteiger partial charge on any atom is 0.294 e. The fourth-order valence-electron chi connectivity index (χ4n) is 3.01. The average molecular weight is 352 g/mol. The summed E-state index contributed by atoms with van der Waals surface area (Å²) < 4.78 is 1.77. The van der Waals surface area contributed by atoms with Crippen LogP contribution in [0.4, 0.5) is 0 Å². The third-order valence-electron chi connectivity index (χ3n) is 4.27. The van der Waals surface area contributed by atoms with Crippen LogP contribution >= 0.6 is 11.3 Å². The minimum Gasteiger partial charge on any atom is -0.330 e. The zero-order valence-electron chi connectivity index (χ0n) is 14.3.